The van der Waals surface area contributed by atoms with Gasteiger partial charge in [-0.25, -0.2) is 4.98 Å². The molecule has 226 valence electrons. The highest BCUT2D eigenvalue weighted by Crippen LogP contribution is 2.39. The average molecular weight is 597 g/mol. The number of hydrogen-bond donors (Lipinski definition) is 4. The van der Waals surface area contributed by atoms with Crippen LogP contribution in [0.5, 0.6) is 11.5 Å². The highest BCUT2D eigenvalue weighted by molar-refractivity contribution is 6.23. The third-order valence-corrected chi connectivity index (χ3v) is 8.42. The Hall–Kier alpha value is -4.94. The number of aromatic amines is 2. The number of carbonyl (C=O) groups is 2. The molecule has 1 saturated heterocycles. The van der Waals surface area contributed by atoms with E-state index in [1.54, 1.807) is 24.3 Å². The van der Waals surface area contributed by atoms with Gasteiger partial charge in [0.05, 0.1) is 27.8 Å². The number of imide groups is 1. The summed E-state index contributed by atoms with van der Waals surface area (Å²) in [7, 11) is 2.03. The van der Waals surface area contributed by atoms with Gasteiger partial charge in [-0.05, 0) is 57.2 Å². The first-order chi connectivity index (χ1) is 21.3. The van der Waals surface area contributed by atoms with Crippen molar-refractivity contribution in [3.63, 3.8) is 0 Å². The lowest BCUT2D eigenvalue weighted by Gasteiger charge is -2.33. The monoisotopic (exact) mass is 596 g/mol. The molecule has 3 aliphatic heterocycles. The number of aliphatic hydroxyl groups excluding tert-OH is 1. The van der Waals surface area contributed by atoms with Crippen molar-refractivity contribution < 1.29 is 24.2 Å². The Morgan fingerprint density at radius 1 is 1.16 bits per heavy atom. The predicted molar refractivity (Wildman–Crippen MR) is 163 cm³/mol. The van der Waals surface area contributed by atoms with E-state index in [2.05, 4.69) is 31.7 Å². The van der Waals surface area contributed by atoms with Crippen LogP contribution in [0.1, 0.15) is 39.1 Å². The number of piperidine rings is 1. The maximum Gasteiger partial charge on any atom is 0.261 e. The molecule has 12 nitrogen and oxygen atoms in total. The van der Waals surface area contributed by atoms with Crippen molar-refractivity contribution in [3.05, 3.63) is 82.0 Å². The van der Waals surface area contributed by atoms with Crippen LogP contribution < -0.4 is 20.3 Å². The molecule has 0 bridgehead atoms. The molecule has 1 fully saturated rings. The molecule has 2 aromatic heterocycles. The summed E-state index contributed by atoms with van der Waals surface area (Å²) in [5.41, 5.74) is 2.91. The molecule has 5 heterocycles. The minimum atomic E-state index is -0.911. The van der Waals surface area contributed by atoms with Gasteiger partial charge < -0.3 is 34.8 Å². The zero-order valence-electron chi connectivity index (χ0n) is 24.2. The van der Waals surface area contributed by atoms with Crippen molar-refractivity contribution >= 4 is 28.5 Å². The molecule has 4 aromatic rings. The molecule has 2 amide bonds. The molecule has 12 heteroatoms. The second-order valence-electron chi connectivity index (χ2n) is 11.5. The number of nitrogens with zero attached hydrogens (tertiary/aromatic N) is 3. The van der Waals surface area contributed by atoms with Crippen LogP contribution in [-0.4, -0.2) is 87.1 Å². The predicted octanol–water partition coefficient (Wildman–Crippen LogP) is 2.91. The number of aliphatic hydroxyl groups is 1. The van der Waals surface area contributed by atoms with E-state index in [-0.39, 0.29) is 42.4 Å². The molecule has 0 spiro atoms. The number of rotatable bonds is 8. The van der Waals surface area contributed by atoms with Crippen molar-refractivity contribution in [2.75, 3.05) is 38.6 Å². The fourth-order valence-corrected chi connectivity index (χ4v) is 6.12. The number of imidazole rings is 1. The number of aromatic nitrogens is 3. The Bertz CT molecular complexity index is 1820. The normalized spacial score (nSPS) is 17.6. The molecule has 1 unspecified atom stereocenters. The molecular formula is C32H32N6O6. The Labute approximate surface area is 252 Å². The molecule has 0 radical (unpaired) electrons. The van der Waals surface area contributed by atoms with Gasteiger partial charge >= 0.3 is 0 Å². The summed E-state index contributed by atoms with van der Waals surface area (Å²) < 4.78 is 11.5. The van der Waals surface area contributed by atoms with E-state index in [4.69, 9.17) is 9.47 Å². The molecule has 2 aromatic carbocycles. The van der Waals surface area contributed by atoms with E-state index in [1.165, 1.54) is 11.1 Å². The highest BCUT2D eigenvalue weighted by Gasteiger charge is 2.41. The van der Waals surface area contributed by atoms with Gasteiger partial charge in [-0.15, -0.1) is 0 Å². The maximum atomic E-state index is 13.3. The number of benzene rings is 2. The number of para-hydroxylation sites is 1. The summed E-state index contributed by atoms with van der Waals surface area (Å²) in [5, 5.41) is 13.8. The molecular weight excluding hydrogens is 564 g/mol. The van der Waals surface area contributed by atoms with Crippen LogP contribution in [0.3, 0.4) is 0 Å². The number of carbonyl (C=O) groups excluding carboxylic acids is 2. The van der Waals surface area contributed by atoms with Crippen LogP contribution in [0, 0.1) is 0 Å². The number of hydrogen-bond acceptors (Lipinski definition) is 9. The molecule has 3 aliphatic rings. The first-order valence-electron chi connectivity index (χ1n) is 14.6. The van der Waals surface area contributed by atoms with Crippen LogP contribution in [0.4, 0.5) is 5.69 Å². The van der Waals surface area contributed by atoms with Gasteiger partial charge in [0, 0.05) is 30.8 Å². The summed E-state index contributed by atoms with van der Waals surface area (Å²) in [6, 6.07) is 10.4. The van der Waals surface area contributed by atoms with Gasteiger partial charge in [0.15, 0.2) is 11.5 Å². The summed E-state index contributed by atoms with van der Waals surface area (Å²) >= 11 is 0. The minimum absolute atomic E-state index is 0.00929. The van der Waals surface area contributed by atoms with E-state index in [9.17, 15) is 19.5 Å². The summed E-state index contributed by atoms with van der Waals surface area (Å²) in [4.78, 5) is 53.6. The molecule has 0 aliphatic carbocycles. The molecule has 4 N–H and O–H groups in total. The molecule has 7 rings (SSSR count). The van der Waals surface area contributed by atoms with Gasteiger partial charge in [-0.2, -0.15) is 0 Å². The number of nitrogens with one attached hydrogen (secondary N) is 3. The van der Waals surface area contributed by atoms with Gasteiger partial charge in [0.1, 0.15) is 29.9 Å². The quantitative estimate of drug-likeness (QED) is 0.225. The van der Waals surface area contributed by atoms with Crippen LogP contribution >= 0.6 is 0 Å². The standard InChI is InChI=1S/C32H32N6O6/c1-17-12-18-4-3-5-26(28(18)44-17)43-16-20(39)15-34-23-6-9-33-30(40)27(23)29-35-24-13-21-22(14-25(24)36-29)32(42)38(31(21)41)19-7-10-37(2)11-8-19/h3-6,9,13-14,19-20,39H,1,7-8,10-12,15-16H2,2H3,(H,35,36)(H2,33,34,40). The van der Waals surface area contributed by atoms with Gasteiger partial charge in [0.2, 0.25) is 0 Å². The first-order valence-corrected chi connectivity index (χ1v) is 14.6. The lowest BCUT2D eigenvalue weighted by molar-refractivity contribution is 0.0516. The van der Waals surface area contributed by atoms with Crippen molar-refractivity contribution in [2.24, 2.45) is 0 Å². The van der Waals surface area contributed by atoms with Crippen molar-refractivity contribution in [2.45, 2.75) is 31.4 Å². The second-order valence-corrected chi connectivity index (χ2v) is 11.5. The third kappa shape index (κ3) is 4.91. The number of ether oxygens (including phenoxy) is 2. The topological polar surface area (TPSA) is 153 Å². The summed E-state index contributed by atoms with van der Waals surface area (Å²) in [6.45, 7) is 5.60. The number of pyridine rings is 1. The van der Waals surface area contributed by atoms with E-state index in [0.29, 0.717) is 51.5 Å². The van der Waals surface area contributed by atoms with Crippen LogP contribution in [0.2, 0.25) is 0 Å². The van der Waals surface area contributed by atoms with Crippen molar-refractivity contribution in [1.82, 2.24) is 24.8 Å². The largest absolute Gasteiger partial charge is 0.487 e. The minimum Gasteiger partial charge on any atom is -0.487 e. The number of H-pyrrole nitrogens is 2. The summed E-state index contributed by atoms with van der Waals surface area (Å²) in [6.07, 6.45) is 2.70. The number of fused-ring (bicyclic) bond motifs is 3. The highest BCUT2D eigenvalue weighted by atomic mass is 16.5. The lowest BCUT2D eigenvalue weighted by Crippen LogP contribution is -2.46. The Kier molecular flexibility index (Phi) is 6.94. The Morgan fingerprint density at radius 2 is 1.93 bits per heavy atom. The van der Waals surface area contributed by atoms with E-state index in [0.717, 1.165) is 31.5 Å². The third-order valence-electron chi connectivity index (χ3n) is 8.42. The fourth-order valence-electron chi connectivity index (χ4n) is 6.12. The Morgan fingerprint density at radius 3 is 2.73 bits per heavy atom. The number of amides is 2. The van der Waals surface area contributed by atoms with Gasteiger partial charge in [0.25, 0.3) is 17.4 Å². The molecule has 0 saturated carbocycles. The van der Waals surface area contributed by atoms with Crippen molar-refractivity contribution in [1.29, 1.82) is 0 Å². The van der Waals surface area contributed by atoms with Gasteiger partial charge in [-0.1, -0.05) is 18.7 Å². The zero-order valence-corrected chi connectivity index (χ0v) is 24.2. The molecule has 1 atom stereocenters. The van der Waals surface area contributed by atoms with Crippen LogP contribution in [0.25, 0.3) is 22.4 Å². The fraction of sp³-hybridized carbons (Fsp3) is 0.312. The zero-order chi connectivity index (χ0) is 30.5. The Balaban J connectivity index is 1.08. The number of allylic oxidation sites excluding steroid dienone is 1. The second kappa shape index (κ2) is 11.0. The average Bonchev–Trinajstić information content (AvgIpc) is 3.67. The number of anilines is 1. The molecule has 44 heavy (non-hydrogen) atoms. The first kappa shape index (κ1) is 27.9. The smallest absolute Gasteiger partial charge is 0.261 e. The van der Waals surface area contributed by atoms with E-state index < -0.39 is 11.7 Å². The van der Waals surface area contributed by atoms with E-state index >= 15 is 0 Å². The van der Waals surface area contributed by atoms with Crippen LogP contribution in [-0.2, 0) is 6.42 Å². The lowest BCUT2D eigenvalue weighted by atomic mass is 10.0. The number of likely N-dealkylation sites (tertiary alicyclic amines) is 1. The van der Waals surface area contributed by atoms with Gasteiger partial charge in [-0.3, -0.25) is 19.3 Å². The SMILES string of the molecule is C=C1Cc2cccc(OCC(O)CNc3cc[nH]c(=O)c3-c3nc4cc5c(cc4[nH]3)C(=O)N(C3CCN(C)CC3)C5=O)c2O1. The summed E-state index contributed by atoms with van der Waals surface area (Å²) in [5.74, 6) is 1.44. The van der Waals surface area contributed by atoms with E-state index in [1.807, 2.05) is 19.2 Å². The maximum absolute atomic E-state index is 13.3. The van der Waals surface area contributed by atoms with Crippen molar-refractivity contribution in [3.8, 4) is 22.9 Å². The van der Waals surface area contributed by atoms with Crippen LogP contribution in [0.15, 0.2) is 59.7 Å².